The van der Waals surface area contributed by atoms with Crippen molar-refractivity contribution in [2.24, 2.45) is 5.73 Å². The number of nitrogens with two attached hydrogens (primary N) is 1. The van der Waals surface area contributed by atoms with Crippen LogP contribution in [-0.2, 0) is 22.4 Å². The van der Waals surface area contributed by atoms with Crippen LogP contribution in [-0.4, -0.2) is 28.2 Å². The summed E-state index contributed by atoms with van der Waals surface area (Å²) < 4.78 is 0. The Morgan fingerprint density at radius 2 is 2.22 bits per heavy atom. The number of pyridine rings is 1. The van der Waals surface area contributed by atoms with E-state index < -0.39 is 11.9 Å². The minimum absolute atomic E-state index is 0.169. The maximum absolute atomic E-state index is 12.6. The Labute approximate surface area is 137 Å². The highest BCUT2D eigenvalue weighted by Crippen LogP contribution is 2.36. The molecule has 23 heavy (non-hydrogen) atoms. The molecule has 0 bridgehead atoms. The summed E-state index contributed by atoms with van der Waals surface area (Å²) in [5.74, 6) is -0.758. The van der Waals surface area contributed by atoms with E-state index in [0.29, 0.717) is 23.4 Å². The van der Waals surface area contributed by atoms with E-state index in [9.17, 15) is 9.59 Å². The van der Waals surface area contributed by atoms with Crippen molar-refractivity contribution in [1.29, 1.82) is 5.26 Å². The van der Waals surface area contributed by atoms with E-state index in [4.69, 9.17) is 11.0 Å². The van der Waals surface area contributed by atoms with Gasteiger partial charge in [0.15, 0.2) is 0 Å². The van der Waals surface area contributed by atoms with Crippen LogP contribution in [0, 0.1) is 16.7 Å². The highest BCUT2D eigenvalue weighted by molar-refractivity contribution is 7.10. The number of amides is 2. The average Bonchev–Trinajstić information content (AvgIpc) is 2.97. The summed E-state index contributed by atoms with van der Waals surface area (Å²) in [6, 6.07) is 4.77. The molecule has 0 spiro atoms. The summed E-state index contributed by atoms with van der Waals surface area (Å²) in [5, 5.41) is 12.0. The van der Waals surface area contributed by atoms with Crippen LogP contribution >= 0.6 is 11.3 Å². The second-order valence-corrected chi connectivity index (χ2v) is 6.06. The summed E-state index contributed by atoms with van der Waals surface area (Å²) in [6.45, 7) is 0.365. The summed E-state index contributed by atoms with van der Waals surface area (Å²) in [6.07, 6.45) is 3.96. The number of hydrogen-bond donors (Lipinski definition) is 1. The predicted molar refractivity (Wildman–Crippen MR) is 83.2 cm³/mol. The second-order valence-electron chi connectivity index (χ2n) is 5.21. The third kappa shape index (κ3) is 2.81. The standard InChI is InChI=1S/C16H13N4O2S/c17-8-11-9-23-15-12(11)3-6-20(14(15)16(18)22)13(21)7-10-1-4-19-5-2-10/h1-2,4-5,14H,3,6-7H2,(H2,18,22). The predicted octanol–water partition coefficient (Wildman–Crippen LogP) is 0.969. The van der Waals surface area contributed by atoms with Gasteiger partial charge in [0, 0.05) is 23.8 Å². The molecular weight excluding hydrogens is 312 g/mol. The van der Waals surface area contributed by atoms with Gasteiger partial charge in [-0.1, -0.05) is 0 Å². The highest BCUT2D eigenvalue weighted by Gasteiger charge is 2.37. The molecule has 6 nitrogen and oxygen atoms in total. The molecule has 2 aromatic heterocycles. The van der Waals surface area contributed by atoms with E-state index in [0.717, 1.165) is 11.1 Å². The molecule has 3 rings (SSSR count). The molecule has 2 amide bonds. The minimum atomic E-state index is -0.823. The van der Waals surface area contributed by atoms with Gasteiger partial charge in [-0.15, -0.1) is 11.3 Å². The number of nitrogens with zero attached hydrogens (tertiary/aromatic N) is 3. The molecule has 1 aliphatic heterocycles. The number of hydrogen-bond acceptors (Lipinski definition) is 5. The van der Waals surface area contributed by atoms with Gasteiger partial charge in [0.05, 0.1) is 17.4 Å². The number of carbonyl (C=O) groups excluding carboxylic acids is 2. The van der Waals surface area contributed by atoms with E-state index in [-0.39, 0.29) is 12.3 Å². The largest absolute Gasteiger partial charge is 0.368 e. The molecule has 0 aliphatic carbocycles. The molecule has 2 N–H and O–H groups in total. The lowest BCUT2D eigenvalue weighted by Gasteiger charge is -2.33. The van der Waals surface area contributed by atoms with Gasteiger partial charge < -0.3 is 10.6 Å². The maximum Gasteiger partial charge on any atom is 0.245 e. The van der Waals surface area contributed by atoms with Crippen LogP contribution in [0.25, 0.3) is 0 Å². The molecule has 1 atom stereocenters. The van der Waals surface area contributed by atoms with E-state index in [1.807, 2.05) is 0 Å². The summed E-state index contributed by atoms with van der Waals surface area (Å²) >= 11 is 1.19. The van der Waals surface area contributed by atoms with Gasteiger partial charge in [-0.05, 0) is 29.7 Å². The molecular formula is C16H13N4O2S. The van der Waals surface area contributed by atoms with Crippen LogP contribution in [0.15, 0.2) is 24.5 Å². The quantitative estimate of drug-likeness (QED) is 0.908. The number of thiophene rings is 1. The van der Waals surface area contributed by atoms with E-state index in [2.05, 4.69) is 16.4 Å². The van der Waals surface area contributed by atoms with Gasteiger partial charge in [-0.2, -0.15) is 5.26 Å². The zero-order chi connectivity index (χ0) is 16.4. The SMILES string of the molecule is N#Cc1[c]sc2c1CCN(C(=O)Cc1ccncc1)C2C(N)=O. The van der Waals surface area contributed by atoms with Gasteiger partial charge in [0.25, 0.3) is 0 Å². The Morgan fingerprint density at radius 3 is 2.87 bits per heavy atom. The molecule has 1 radical (unpaired) electrons. The van der Waals surface area contributed by atoms with Crippen LogP contribution in [0.5, 0.6) is 0 Å². The van der Waals surface area contributed by atoms with Gasteiger partial charge >= 0.3 is 0 Å². The number of rotatable bonds is 3. The van der Waals surface area contributed by atoms with Crippen LogP contribution in [0.3, 0.4) is 0 Å². The Balaban J connectivity index is 1.89. The normalized spacial score (nSPS) is 16.5. The second kappa shape index (κ2) is 6.18. The molecule has 1 aliphatic rings. The van der Waals surface area contributed by atoms with Crippen LogP contribution in [0.2, 0.25) is 0 Å². The van der Waals surface area contributed by atoms with Crippen LogP contribution < -0.4 is 5.73 Å². The minimum Gasteiger partial charge on any atom is -0.368 e. The first-order valence-electron chi connectivity index (χ1n) is 7.03. The maximum atomic E-state index is 12.6. The molecule has 0 aromatic carbocycles. The number of carbonyl (C=O) groups is 2. The van der Waals surface area contributed by atoms with Crippen molar-refractivity contribution in [1.82, 2.24) is 9.88 Å². The zero-order valence-corrected chi connectivity index (χ0v) is 13.0. The molecule has 0 saturated carbocycles. The van der Waals surface area contributed by atoms with Crippen molar-refractivity contribution in [3.05, 3.63) is 51.5 Å². The lowest BCUT2D eigenvalue weighted by molar-refractivity contribution is -0.139. The zero-order valence-electron chi connectivity index (χ0n) is 12.2. The van der Waals surface area contributed by atoms with Gasteiger partial charge in [0.1, 0.15) is 12.1 Å². The first-order chi connectivity index (χ1) is 11.1. The van der Waals surface area contributed by atoms with Crippen molar-refractivity contribution in [3.8, 4) is 6.07 Å². The van der Waals surface area contributed by atoms with Crippen molar-refractivity contribution in [2.45, 2.75) is 18.9 Å². The molecule has 0 saturated heterocycles. The average molecular weight is 325 g/mol. The fourth-order valence-corrected chi connectivity index (χ4v) is 3.81. The molecule has 7 heteroatoms. The number of nitriles is 1. The summed E-state index contributed by atoms with van der Waals surface area (Å²) in [4.78, 5) is 30.6. The Kier molecular flexibility index (Phi) is 4.08. The molecule has 1 unspecified atom stereocenters. The van der Waals surface area contributed by atoms with Crippen molar-refractivity contribution < 1.29 is 9.59 Å². The van der Waals surface area contributed by atoms with Gasteiger partial charge in [0.2, 0.25) is 11.8 Å². The summed E-state index contributed by atoms with van der Waals surface area (Å²) in [7, 11) is 0. The number of fused-ring (bicyclic) bond motifs is 1. The number of primary amides is 1. The molecule has 2 aromatic rings. The Hall–Kier alpha value is -2.72. The smallest absolute Gasteiger partial charge is 0.245 e. The van der Waals surface area contributed by atoms with Crippen LogP contribution in [0.1, 0.15) is 27.6 Å². The monoisotopic (exact) mass is 325 g/mol. The first kappa shape index (κ1) is 15.2. The third-order valence-electron chi connectivity index (χ3n) is 3.83. The first-order valence-corrected chi connectivity index (χ1v) is 7.84. The van der Waals surface area contributed by atoms with Crippen LogP contribution in [0.4, 0.5) is 0 Å². The van der Waals surface area contributed by atoms with Gasteiger partial charge in [-0.25, -0.2) is 0 Å². The highest BCUT2D eigenvalue weighted by atomic mass is 32.1. The van der Waals surface area contributed by atoms with E-state index in [1.54, 1.807) is 24.5 Å². The topological polar surface area (TPSA) is 100 Å². The van der Waals surface area contributed by atoms with E-state index in [1.165, 1.54) is 16.2 Å². The fourth-order valence-electron chi connectivity index (χ4n) is 2.74. The molecule has 3 heterocycles. The number of aromatic nitrogens is 1. The molecule has 115 valence electrons. The van der Waals surface area contributed by atoms with Gasteiger partial charge in [-0.3, -0.25) is 14.6 Å². The molecule has 0 fully saturated rings. The third-order valence-corrected chi connectivity index (χ3v) is 4.83. The van der Waals surface area contributed by atoms with Crippen molar-refractivity contribution in [2.75, 3.05) is 6.54 Å². The lowest BCUT2D eigenvalue weighted by Crippen LogP contribution is -2.45. The van der Waals surface area contributed by atoms with Crippen molar-refractivity contribution >= 4 is 23.2 Å². The Morgan fingerprint density at radius 1 is 1.48 bits per heavy atom. The van der Waals surface area contributed by atoms with E-state index >= 15 is 0 Å². The fraction of sp³-hybridized carbons (Fsp3) is 0.250. The lowest BCUT2D eigenvalue weighted by atomic mass is 9.97. The Bertz CT molecular complexity index is 794. The summed E-state index contributed by atoms with van der Waals surface area (Å²) in [5.41, 5.74) is 7.58. The van der Waals surface area contributed by atoms with Crippen molar-refractivity contribution in [3.63, 3.8) is 0 Å².